The molecule has 8 saturated carbocycles. The summed E-state index contributed by atoms with van der Waals surface area (Å²) in [6.07, 6.45) is 24.1. The monoisotopic (exact) mass is 514 g/mol. The van der Waals surface area contributed by atoms with Gasteiger partial charge in [0.2, 0.25) is 0 Å². The van der Waals surface area contributed by atoms with Crippen molar-refractivity contribution in [3.63, 3.8) is 0 Å². The highest BCUT2D eigenvalue weighted by Gasteiger charge is 2.80. The van der Waals surface area contributed by atoms with Crippen LogP contribution in [0, 0.1) is 40.9 Å². The zero-order chi connectivity index (χ0) is 23.7. The van der Waals surface area contributed by atoms with Crippen molar-refractivity contribution in [2.45, 2.75) is 101 Å². The first-order chi connectivity index (χ1) is 17.1. The summed E-state index contributed by atoms with van der Waals surface area (Å²) in [6.45, 7) is 2.03. The van der Waals surface area contributed by atoms with Crippen LogP contribution in [-0.4, -0.2) is 47.0 Å². The van der Waals surface area contributed by atoms with Crippen LogP contribution in [0.5, 0.6) is 0 Å². The van der Waals surface area contributed by atoms with Gasteiger partial charge in [-0.2, -0.15) is 0 Å². The van der Waals surface area contributed by atoms with E-state index >= 15 is 0 Å². The fraction of sp³-hybridized carbons (Fsp3) is 0.931. The summed E-state index contributed by atoms with van der Waals surface area (Å²) in [5.74, 6) is 6.00. The maximum absolute atomic E-state index is 5.38. The zero-order valence-electron chi connectivity index (χ0n) is 22.0. The Labute approximate surface area is 221 Å². The normalized spacial score (nSPS) is 48.5. The minimum atomic E-state index is 0.286. The summed E-state index contributed by atoms with van der Waals surface area (Å²) in [4.78, 5) is 10.4. The molecule has 0 aromatic rings. The number of nitrogens with zero attached hydrogens (tertiary/aromatic N) is 2. The average Bonchev–Trinajstić information content (AvgIpc) is 3.30. The van der Waals surface area contributed by atoms with Crippen molar-refractivity contribution >= 4 is 33.9 Å². The molecule has 8 fully saturated rings. The highest BCUT2D eigenvalue weighted by Crippen LogP contribution is 2.82. The molecule has 0 radical (unpaired) electrons. The van der Waals surface area contributed by atoms with E-state index in [0.717, 1.165) is 48.6 Å². The average molecular weight is 515 g/mol. The van der Waals surface area contributed by atoms with Gasteiger partial charge >= 0.3 is 0 Å². The third-order valence-corrected chi connectivity index (χ3v) is 13.1. The molecule has 8 aliphatic rings. The Hall–Kier alpha value is -0.360. The van der Waals surface area contributed by atoms with Gasteiger partial charge in [0.05, 0.1) is 5.54 Å². The molecule has 35 heavy (non-hydrogen) atoms. The lowest BCUT2D eigenvalue weighted by molar-refractivity contribution is -0.199. The standard InChI is InChI=1S/C29H46N4S2/c1-34-25(32-27-13-19-8-20(14-27)10-21(9-19)15-27)30-6-4-3-5-7-31-26(35-2)33-28-16-22-11-23-12-24(18-28)29(23,28)17-22/h19-24H,3-18H2,1-2H3,(H,30,32)(H,31,33). The zero-order valence-corrected chi connectivity index (χ0v) is 23.6. The van der Waals surface area contributed by atoms with Gasteiger partial charge in [0, 0.05) is 18.6 Å². The van der Waals surface area contributed by atoms with Crippen LogP contribution in [0.15, 0.2) is 9.98 Å². The van der Waals surface area contributed by atoms with Gasteiger partial charge in [-0.05, 0) is 143 Å². The molecular formula is C29H46N4S2. The third-order valence-electron chi connectivity index (χ3n) is 11.8. The van der Waals surface area contributed by atoms with Crippen molar-refractivity contribution in [2.24, 2.45) is 50.9 Å². The van der Waals surface area contributed by atoms with Crippen molar-refractivity contribution in [1.82, 2.24) is 10.6 Å². The molecule has 5 atom stereocenters. The fourth-order valence-corrected chi connectivity index (χ4v) is 12.2. The number of hydrogen-bond acceptors (Lipinski definition) is 4. The van der Waals surface area contributed by atoms with Gasteiger partial charge in [-0.15, -0.1) is 0 Å². The molecule has 1 spiro atoms. The summed E-state index contributed by atoms with van der Waals surface area (Å²) in [6, 6.07) is 0. The molecule has 5 unspecified atom stereocenters. The fourth-order valence-electron chi connectivity index (χ4n) is 11.1. The van der Waals surface area contributed by atoms with Crippen LogP contribution >= 0.6 is 23.5 Å². The summed E-state index contributed by atoms with van der Waals surface area (Å²) in [5, 5.41) is 10.2. The lowest BCUT2D eigenvalue weighted by atomic mass is 9.35. The van der Waals surface area contributed by atoms with E-state index in [1.54, 1.807) is 0 Å². The van der Waals surface area contributed by atoms with Crippen molar-refractivity contribution in [3.8, 4) is 0 Å². The lowest BCUT2D eigenvalue weighted by Crippen LogP contribution is -2.76. The number of hydrogen-bond donors (Lipinski definition) is 2. The van der Waals surface area contributed by atoms with Crippen molar-refractivity contribution in [1.29, 1.82) is 0 Å². The van der Waals surface area contributed by atoms with Crippen LogP contribution in [0.2, 0.25) is 0 Å². The number of nitrogens with one attached hydrogen (secondary N) is 2. The van der Waals surface area contributed by atoms with E-state index in [1.807, 2.05) is 23.5 Å². The Balaban J connectivity index is 0.851. The first-order valence-electron chi connectivity index (χ1n) is 14.8. The van der Waals surface area contributed by atoms with Gasteiger partial charge in [-0.3, -0.25) is 9.98 Å². The molecule has 0 aromatic heterocycles. The Kier molecular flexibility index (Phi) is 6.00. The van der Waals surface area contributed by atoms with Crippen LogP contribution < -0.4 is 10.6 Å². The van der Waals surface area contributed by atoms with Gasteiger partial charge in [0.1, 0.15) is 0 Å². The molecule has 4 nitrogen and oxygen atoms in total. The molecule has 6 bridgehead atoms. The van der Waals surface area contributed by atoms with Crippen LogP contribution in [0.1, 0.15) is 89.9 Å². The van der Waals surface area contributed by atoms with E-state index < -0.39 is 0 Å². The van der Waals surface area contributed by atoms with E-state index in [4.69, 9.17) is 9.98 Å². The van der Waals surface area contributed by atoms with Crippen LogP contribution in [-0.2, 0) is 0 Å². The molecule has 0 aliphatic heterocycles. The number of fused-ring (bicyclic) bond motifs is 1. The Morgan fingerprint density at radius 2 is 1.49 bits per heavy atom. The highest BCUT2D eigenvalue weighted by molar-refractivity contribution is 8.13. The van der Waals surface area contributed by atoms with E-state index in [9.17, 15) is 0 Å². The quantitative estimate of drug-likeness (QED) is 0.226. The lowest BCUT2D eigenvalue weighted by Gasteiger charge is -2.73. The number of amidine groups is 2. The maximum Gasteiger partial charge on any atom is 0.156 e. The Morgan fingerprint density at radius 1 is 0.743 bits per heavy atom. The molecule has 8 aliphatic carbocycles. The molecule has 0 saturated heterocycles. The largest absolute Gasteiger partial charge is 0.365 e. The van der Waals surface area contributed by atoms with E-state index in [1.165, 1.54) is 100 Å². The van der Waals surface area contributed by atoms with Gasteiger partial charge in [-0.1, -0.05) is 23.5 Å². The van der Waals surface area contributed by atoms with Crippen molar-refractivity contribution in [2.75, 3.05) is 25.6 Å². The first-order valence-corrected chi connectivity index (χ1v) is 17.2. The van der Waals surface area contributed by atoms with E-state index in [-0.39, 0.29) is 5.54 Å². The summed E-state index contributed by atoms with van der Waals surface area (Å²) >= 11 is 3.67. The van der Waals surface area contributed by atoms with Crippen LogP contribution in [0.3, 0.4) is 0 Å². The number of thioether (sulfide) groups is 2. The SMILES string of the molecule is CS/C(=N\CCCCCN/C(=N\C12CC3CC(CC(C3)C1)C2)SC)NC12CC3CC4CC(C1)C42C3. The van der Waals surface area contributed by atoms with Gasteiger partial charge in [0.15, 0.2) is 10.3 Å². The second kappa shape index (κ2) is 8.85. The minimum absolute atomic E-state index is 0.286. The molecule has 0 aromatic carbocycles. The number of aliphatic imine (C=N–C) groups is 2. The Morgan fingerprint density at radius 3 is 2.14 bits per heavy atom. The second-order valence-electron chi connectivity index (χ2n) is 13.7. The second-order valence-corrected chi connectivity index (χ2v) is 15.3. The van der Waals surface area contributed by atoms with Gasteiger partial charge < -0.3 is 10.6 Å². The van der Waals surface area contributed by atoms with Gasteiger partial charge in [0.25, 0.3) is 0 Å². The first kappa shape index (κ1) is 23.7. The summed E-state index contributed by atoms with van der Waals surface area (Å²) in [5.41, 5.74) is 1.40. The van der Waals surface area contributed by atoms with Crippen LogP contribution in [0.4, 0.5) is 0 Å². The number of rotatable bonds is 8. The smallest absolute Gasteiger partial charge is 0.156 e. The van der Waals surface area contributed by atoms with Crippen LogP contribution in [0.25, 0.3) is 0 Å². The highest BCUT2D eigenvalue weighted by atomic mass is 32.2. The molecule has 0 heterocycles. The topological polar surface area (TPSA) is 48.8 Å². The predicted molar refractivity (Wildman–Crippen MR) is 151 cm³/mol. The molecule has 0 amide bonds. The minimum Gasteiger partial charge on any atom is -0.365 e. The van der Waals surface area contributed by atoms with E-state index in [2.05, 4.69) is 23.1 Å². The summed E-state index contributed by atoms with van der Waals surface area (Å²) < 4.78 is 0. The molecule has 2 N–H and O–H groups in total. The van der Waals surface area contributed by atoms with Gasteiger partial charge in [-0.25, -0.2) is 0 Å². The third kappa shape index (κ3) is 3.76. The molecular weight excluding hydrogens is 468 g/mol. The molecule has 6 heteroatoms. The molecule has 194 valence electrons. The van der Waals surface area contributed by atoms with Crippen molar-refractivity contribution in [3.05, 3.63) is 0 Å². The number of unbranched alkanes of at least 4 members (excludes halogenated alkanes) is 2. The predicted octanol–water partition coefficient (Wildman–Crippen LogP) is 6.32. The van der Waals surface area contributed by atoms with Crippen molar-refractivity contribution < 1.29 is 0 Å². The Bertz CT molecular complexity index is 866. The maximum atomic E-state index is 5.38. The summed E-state index contributed by atoms with van der Waals surface area (Å²) in [7, 11) is 0. The molecule has 8 rings (SSSR count). The van der Waals surface area contributed by atoms with E-state index in [0.29, 0.717) is 11.0 Å².